The average Bonchev–Trinajstić information content (AvgIpc) is 3.16. The van der Waals surface area contributed by atoms with Crippen molar-refractivity contribution < 1.29 is 17.7 Å². The Bertz CT molecular complexity index is 814. The molecular formula is C14H19N5O4S. The fraction of sp³-hybridized carbons (Fsp3) is 0.500. The van der Waals surface area contributed by atoms with Crippen LogP contribution < -0.4 is 4.90 Å². The van der Waals surface area contributed by atoms with Crippen molar-refractivity contribution in [3.8, 4) is 0 Å². The van der Waals surface area contributed by atoms with Crippen LogP contribution >= 0.6 is 0 Å². The molecule has 10 heteroatoms. The summed E-state index contributed by atoms with van der Waals surface area (Å²) in [4.78, 5) is 14.5. The molecule has 1 fully saturated rings. The van der Waals surface area contributed by atoms with E-state index in [1.54, 1.807) is 35.0 Å². The number of sulfonamides is 1. The van der Waals surface area contributed by atoms with Crippen LogP contribution in [0.2, 0.25) is 0 Å². The minimum Gasteiger partial charge on any atom is -0.364 e. The number of carbonyl (C=O) groups is 1. The second-order valence-electron chi connectivity index (χ2n) is 5.76. The highest BCUT2D eigenvalue weighted by Gasteiger charge is 2.39. The van der Waals surface area contributed by atoms with E-state index in [9.17, 15) is 13.2 Å². The summed E-state index contributed by atoms with van der Waals surface area (Å²) in [7, 11) is -1.85. The summed E-state index contributed by atoms with van der Waals surface area (Å²) in [6.07, 6.45) is 5.25. The molecule has 1 saturated heterocycles. The number of aromatic nitrogens is 3. The van der Waals surface area contributed by atoms with Gasteiger partial charge in [-0.2, -0.15) is 9.40 Å². The van der Waals surface area contributed by atoms with E-state index < -0.39 is 16.1 Å². The number of carbonyl (C=O) groups excluding carboxylic acids is 1. The van der Waals surface area contributed by atoms with Gasteiger partial charge in [0.1, 0.15) is 18.1 Å². The summed E-state index contributed by atoms with van der Waals surface area (Å²) in [6, 6.07) is 2.56. The van der Waals surface area contributed by atoms with Crippen molar-refractivity contribution in [1.82, 2.24) is 19.2 Å². The third-order valence-electron chi connectivity index (χ3n) is 4.06. The van der Waals surface area contributed by atoms with Crippen LogP contribution in [0.5, 0.6) is 0 Å². The minimum atomic E-state index is -3.59. The van der Waals surface area contributed by atoms with E-state index in [1.807, 2.05) is 0 Å². The maximum absolute atomic E-state index is 12.9. The highest BCUT2D eigenvalue weighted by atomic mass is 32.2. The van der Waals surface area contributed by atoms with Gasteiger partial charge in [0.2, 0.25) is 15.9 Å². The van der Waals surface area contributed by atoms with Crippen molar-refractivity contribution in [2.24, 2.45) is 7.05 Å². The Labute approximate surface area is 139 Å². The van der Waals surface area contributed by atoms with Gasteiger partial charge in [-0.25, -0.2) is 8.42 Å². The van der Waals surface area contributed by atoms with E-state index >= 15 is 0 Å². The number of piperidine rings is 1. The fourth-order valence-corrected chi connectivity index (χ4v) is 3.94. The molecule has 0 aliphatic carbocycles. The van der Waals surface area contributed by atoms with Crippen molar-refractivity contribution in [2.75, 3.05) is 17.7 Å². The lowest BCUT2D eigenvalue weighted by atomic mass is 10.0. The second-order valence-corrected chi connectivity index (χ2v) is 7.69. The molecule has 1 aliphatic rings. The molecule has 0 unspecified atom stereocenters. The smallest absolute Gasteiger partial charge is 0.246 e. The lowest BCUT2D eigenvalue weighted by Crippen LogP contribution is -2.54. The molecule has 1 atom stereocenters. The Kier molecular flexibility index (Phi) is 4.41. The number of nitrogens with zero attached hydrogens (tertiary/aromatic N) is 5. The zero-order chi connectivity index (χ0) is 17.3. The van der Waals surface area contributed by atoms with E-state index in [0.29, 0.717) is 30.9 Å². The number of hydrogen-bond donors (Lipinski definition) is 0. The van der Waals surface area contributed by atoms with Gasteiger partial charge in [0, 0.05) is 25.7 Å². The van der Waals surface area contributed by atoms with Gasteiger partial charge in [-0.1, -0.05) is 5.16 Å². The predicted octanol–water partition coefficient (Wildman–Crippen LogP) is 0.365. The topological polar surface area (TPSA) is 102 Å². The first-order valence-corrected chi connectivity index (χ1v) is 9.38. The van der Waals surface area contributed by atoms with E-state index in [2.05, 4.69) is 10.3 Å². The van der Waals surface area contributed by atoms with Crippen molar-refractivity contribution in [1.29, 1.82) is 0 Å². The third-order valence-corrected chi connectivity index (χ3v) is 5.30. The number of hydrogen-bond acceptors (Lipinski definition) is 6. The van der Waals surface area contributed by atoms with Gasteiger partial charge in [0.15, 0.2) is 0 Å². The van der Waals surface area contributed by atoms with E-state index in [-0.39, 0.29) is 12.5 Å². The van der Waals surface area contributed by atoms with Gasteiger partial charge in [-0.05, 0) is 12.8 Å². The van der Waals surface area contributed by atoms with E-state index in [4.69, 9.17) is 4.52 Å². The Morgan fingerprint density at radius 3 is 2.79 bits per heavy atom. The second kappa shape index (κ2) is 6.36. The molecule has 0 spiro atoms. The molecular weight excluding hydrogens is 334 g/mol. The molecule has 0 saturated carbocycles. The van der Waals surface area contributed by atoms with Crippen LogP contribution in [0.3, 0.4) is 0 Å². The summed E-state index contributed by atoms with van der Waals surface area (Å²) >= 11 is 0. The maximum atomic E-state index is 12.9. The highest BCUT2D eigenvalue weighted by molar-refractivity contribution is 7.88. The third kappa shape index (κ3) is 3.20. The molecule has 0 N–H and O–H groups in total. The molecule has 3 rings (SSSR count). The zero-order valence-corrected chi connectivity index (χ0v) is 14.3. The van der Waals surface area contributed by atoms with Gasteiger partial charge in [-0.15, -0.1) is 0 Å². The summed E-state index contributed by atoms with van der Waals surface area (Å²) in [6.45, 7) is 0.543. The fourth-order valence-electron chi connectivity index (χ4n) is 2.92. The van der Waals surface area contributed by atoms with Crippen LogP contribution in [-0.4, -0.2) is 52.4 Å². The normalized spacial score (nSPS) is 19.2. The molecule has 1 aliphatic heterocycles. The molecule has 1 amide bonds. The van der Waals surface area contributed by atoms with Gasteiger partial charge in [0.25, 0.3) is 0 Å². The lowest BCUT2D eigenvalue weighted by Gasteiger charge is -2.36. The SMILES string of the molecule is Cn1nccc1N1CCC[C@@H](N(Cc2ccon2)S(C)(=O)=O)C1=O. The molecule has 0 radical (unpaired) electrons. The first-order valence-electron chi connectivity index (χ1n) is 7.53. The molecule has 130 valence electrons. The first-order chi connectivity index (χ1) is 11.4. The zero-order valence-electron chi connectivity index (χ0n) is 13.5. The summed E-state index contributed by atoms with van der Waals surface area (Å²) < 4.78 is 32.0. The molecule has 3 heterocycles. The van der Waals surface area contributed by atoms with Crippen LogP contribution in [0.15, 0.2) is 29.1 Å². The van der Waals surface area contributed by atoms with Crippen LogP contribution in [0.25, 0.3) is 0 Å². The molecule has 2 aromatic heterocycles. The predicted molar refractivity (Wildman–Crippen MR) is 85.5 cm³/mol. The molecule has 24 heavy (non-hydrogen) atoms. The summed E-state index contributed by atoms with van der Waals surface area (Å²) in [5.74, 6) is 0.401. The first kappa shape index (κ1) is 16.7. The van der Waals surface area contributed by atoms with Crippen LogP contribution in [0.4, 0.5) is 5.82 Å². The van der Waals surface area contributed by atoms with Crippen molar-refractivity contribution in [2.45, 2.75) is 25.4 Å². The van der Waals surface area contributed by atoms with Gasteiger partial charge >= 0.3 is 0 Å². The van der Waals surface area contributed by atoms with Crippen molar-refractivity contribution >= 4 is 21.7 Å². The van der Waals surface area contributed by atoms with Crippen LogP contribution in [0.1, 0.15) is 18.5 Å². The molecule has 2 aromatic rings. The largest absolute Gasteiger partial charge is 0.364 e. The monoisotopic (exact) mass is 353 g/mol. The standard InChI is InChI=1S/C14H19N5O4S/c1-17-13(5-7-15-17)18-8-3-4-12(14(18)20)19(24(2,21)22)10-11-6-9-23-16-11/h5-7,9,12H,3-4,8,10H2,1-2H3/t12-/m1/s1. The van der Waals surface area contributed by atoms with Crippen LogP contribution in [0, 0.1) is 0 Å². The quantitative estimate of drug-likeness (QED) is 0.769. The maximum Gasteiger partial charge on any atom is 0.246 e. The van der Waals surface area contributed by atoms with Gasteiger partial charge in [0.05, 0.1) is 24.7 Å². The lowest BCUT2D eigenvalue weighted by molar-refractivity contribution is -0.123. The van der Waals surface area contributed by atoms with Gasteiger partial charge in [-0.3, -0.25) is 14.4 Å². The number of anilines is 1. The molecule has 0 aromatic carbocycles. The van der Waals surface area contributed by atoms with E-state index in [0.717, 1.165) is 6.26 Å². The minimum absolute atomic E-state index is 0.00493. The Hall–Kier alpha value is -2.20. The number of aryl methyl sites for hydroxylation is 1. The van der Waals surface area contributed by atoms with Crippen molar-refractivity contribution in [3.63, 3.8) is 0 Å². The molecule has 0 bridgehead atoms. The highest BCUT2D eigenvalue weighted by Crippen LogP contribution is 2.25. The number of rotatable bonds is 5. The van der Waals surface area contributed by atoms with Crippen molar-refractivity contribution in [3.05, 3.63) is 30.3 Å². The van der Waals surface area contributed by atoms with Gasteiger partial charge < -0.3 is 4.52 Å². The Morgan fingerprint density at radius 1 is 1.42 bits per heavy atom. The Morgan fingerprint density at radius 2 is 2.21 bits per heavy atom. The summed E-state index contributed by atoms with van der Waals surface area (Å²) in [5.41, 5.74) is 0.464. The van der Waals surface area contributed by atoms with E-state index in [1.165, 1.54) is 10.6 Å². The number of amides is 1. The summed E-state index contributed by atoms with van der Waals surface area (Å²) in [5, 5.41) is 7.83. The Balaban J connectivity index is 1.89. The average molecular weight is 353 g/mol. The molecule has 9 nitrogen and oxygen atoms in total. The van der Waals surface area contributed by atoms with Crippen LogP contribution in [-0.2, 0) is 28.4 Å².